The SMILES string of the molecule is Cc1cc2ccnc(N[C@@H]3CCCNC3)c2[nH]c1=O. The van der Waals surface area contributed by atoms with Crippen LogP contribution in [0.5, 0.6) is 0 Å². The summed E-state index contributed by atoms with van der Waals surface area (Å²) < 4.78 is 0. The van der Waals surface area contributed by atoms with Crippen LogP contribution in [0.15, 0.2) is 23.1 Å². The molecule has 1 aliphatic heterocycles. The zero-order chi connectivity index (χ0) is 13.2. The van der Waals surface area contributed by atoms with Crippen LogP contribution in [-0.4, -0.2) is 29.1 Å². The topological polar surface area (TPSA) is 69.8 Å². The molecule has 0 spiro atoms. The molecule has 1 aliphatic rings. The summed E-state index contributed by atoms with van der Waals surface area (Å²) in [5, 5.41) is 7.80. The van der Waals surface area contributed by atoms with Crippen molar-refractivity contribution < 1.29 is 0 Å². The lowest BCUT2D eigenvalue weighted by atomic mass is 10.1. The Bertz CT molecular complexity index is 643. The molecular weight excluding hydrogens is 240 g/mol. The van der Waals surface area contributed by atoms with Crippen LogP contribution in [0.1, 0.15) is 18.4 Å². The van der Waals surface area contributed by atoms with Gasteiger partial charge in [0.05, 0.1) is 5.52 Å². The third-order valence-corrected chi connectivity index (χ3v) is 3.59. The number of aryl methyl sites for hydroxylation is 1. The van der Waals surface area contributed by atoms with Gasteiger partial charge in [0.2, 0.25) is 0 Å². The maximum absolute atomic E-state index is 11.8. The predicted molar refractivity (Wildman–Crippen MR) is 76.6 cm³/mol. The molecule has 1 fully saturated rings. The molecule has 0 aliphatic carbocycles. The monoisotopic (exact) mass is 258 g/mol. The predicted octanol–water partition coefficient (Wildman–Crippen LogP) is 1.40. The fraction of sp³-hybridized carbons (Fsp3) is 0.429. The van der Waals surface area contributed by atoms with E-state index in [9.17, 15) is 4.79 Å². The first-order valence-electron chi connectivity index (χ1n) is 6.70. The Balaban J connectivity index is 1.98. The third kappa shape index (κ3) is 2.46. The van der Waals surface area contributed by atoms with E-state index >= 15 is 0 Å². The van der Waals surface area contributed by atoms with E-state index in [4.69, 9.17) is 0 Å². The Labute approximate surface area is 111 Å². The average Bonchev–Trinajstić information content (AvgIpc) is 2.42. The van der Waals surface area contributed by atoms with E-state index in [0.717, 1.165) is 48.2 Å². The van der Waals surface area contributed by atoms with E-state index in [1.54, 1.807) is 6.20 Å². The van der Waals surface area contributed by atoms with Crippen LogP contribution in [0.3, 0.4) is 0 Å². The number of anilines is 1. The first-order chi connectivity index (χ1) is 9.24. The highest BCUT2D eigenvalue weighted by Gasteiger charge is 2.14. The van der Waals surface area contributed by atoms with E-state index in [0.29, 0.717) is 6.04 Å². The highest BCUT2D eigenvalue weighted by Crippen LogP contribution is 2.19. The molecule has 2 aromatic heterocycles. The number of pyridine rings is 2. The summed E-state index contributed by atoms with van der Waals surface area (Å²) in [6, 6.07) is 4.19. The van der Waals surface area contributed by atoms with Gasteiger partial charge in [-0.1, -0.05) is 0 Å². The lowest BCUT2D eigenvalue weighted by Crippen LogP contribution is -2.38. The maximum atomic E-state index is 11.8. The number of piperidine rings is 1. The van der Waals surface area contributed by atoms with Gasteiger partial charge in [-0.15, -0.1) is 0 Å². The van der Waals surface area contributed by atoms with Gasteiger partial charge in [-0.2, -0.15) is 0 Å². The van der Waals surface area contributed by atoms with E-state index in [-0.39, 0.29) is 5.56 Å². The Morgan fingerprint density at radius 1 is 1.47 bits per heavy atom. The molecule has 0 bridgehead atoms. The summed E-state index contributed by atoms with van der Waals surface area (Å²) in [5.41, 5.74) is 1.47. The van der Waals surface area contributed by atoms with Gasteiger partial charge in [-0.3, -0.25) is 4.79 Å². The van der Waals surface area contributed by atoms with Gasteiger partial charge in [0.15, 0.2) is 5.82 Å². The van der Waals surface area contributed by atoms with Gasteiger partial charge in [0.1, 0.15) is 0 Å². The van der Waals surface area contributed by atoms with Gasteiger partial charge in [-0.05, 0) is 38.4 Å². The van der Waals surface area contributed by atoms with Crippen molar-refractivity contribution in [2.75, 3.05) is 18.4 Å². The summed E-state index contributed by atoms with van der Waals surface area (Å²) in [6.07, 6.45) is 4.07. The van der Waals surface area contributed by atoms with Gasteiger partial charge < -0.3 is 15.6 Å². The van der Waals surface area contributed by atoms with Gasteiger partial charge >= 0.3 is 0 Å². The van der Waals surface area contributed by atoms with Gasteiger partial charge in [-0.25, -0.2) is 4.98 Å². The molecule has 5 heteroatoms. The largest absolute Gasteiger partial charge is 0.364 e. The second-order valence-electron chi connectivity index (χ2n) is 5.09. The molecule has 0 radical (unpaired) electrons. The van der Waals surface area contributed by atoms with Gasteiger partial charge in [0, 0.05) is 29.7 Å². The number of H-pyrrole nitrogens is 1. The van der Waals surface area contributed by atoms with Crippen LogP contribution in [0, 0.1) is 6.92 Å². The van der Waals surface area contributed by atoms with Crippen LogP contribution in [0.25, 0.3) is 10.9 Å². The zero-order valence-corrected chi connectivity index (χ0v) is 11.0. The van der Waals surface area contributed by atoms with Crippen molar-refractivity contribution in [1.29, 1.82) is 0 Å². The first kappa shape index (κ1) is 12.2. The molecule has 19 heavy (non-hydrogen) atoms. The van der Waals surface area contributed by atoms with E-state index in [1.165, 1.54) is 0 Å². The number of aromatic nitrogens is 2. The molecule has 3 heterocycles. The highest BCUT2D eigenvalue weighted by atomic mass is 16.1. The molecule has 1 atom stereocenters. The molecular formula is C14H18N4O. The lowest BCUT2D eigenvalue weighted by molar-refractivity contribution is 0.479. The Hall–Kier alpha value is -1.88. The number of nitrogens with one attached hydrogen (secondary N) is 3. The number of fused-ring (bicyclic) bond motifs is 1. The standard InChI is InChI=1S/C14H18N4O/c1-9-7-10-4-6-16-13(12(10)18-14(9)19)17-11-3-2-5-15-8-11/h4,6-7,11,15H,2-3,5,8H2,1H3,(H,16,17)(H,18,19)/t11-/m1/s1. The summed E-state index contributed by atoms with van der Waals surface area (Å²) in [4.78, 5) is 19.0. The lowest BCUT2D eigenvalue weighted by Gasteiger charge is -2.24. The van der Waals surface area contributed by atoms with Crippen molar-refractivity contribution >= 4 is 16.7 Å². The Morgan fingerprint density at radius 2 is 2.37 bits per heavy atom. The highest BCUT2D eigenvalue weighted by molar-refractivity contribution is 5.88. The smallest absolute Gasteiger partial charge is 0.251 e. The molecule has 3 N–H and O–H groups in total. The van der Waals surface area contributed by atoms with Crippen molar-refractivity contribution in [2.24, 2.45) is 0 Å². The summed E-state index contributed by atoms with van der Waals surface area (Å²) in [7, 11) is 0. The second-order valence-corrected chi connectivity index (χ2v) is 5.09. The molecule has 3 rings (SSSR count). The van der Waals surface area contributed by atoms with Crippen LogP contribution >= 0.6 is 0 Å². The van der Waals surface area contributed by atoms with E-state index < -0.39 is 0 Å². The van der Waals surface area contributed by atoms with E-state index in [1.807, 2.05) is 19.1 Å². The molecule has 5 nitrogen and oxygen atoms in total. The number of aromatic amines is 1. The molecule has 0 aromatic carbocycles. The van der Waals surface area contributed by atoms with Crippen LogP contribution in [-0.2, 0) is 0 Å². The number of hydrogen-bond acceptors (Lipinski definition) is 4. The molecule has 1 saturated heterocycles. The summed E-state index contributed by atoms with van der Waals surface area (Å²) in [5.74, 6) is 0.767. The maximum Gasteiger partial charge on any atom is 0.251 e. The zero-order valence-electron chi connectivity index (χ0n) is 11.0. The normalized spacial score (nSPS) is 19.5. The number of hydrogen-bond donors (Lipinski definition) is 3. The Morgan fingerprint density at radius 3 is 3.16 bits per heavy atom. The molecule has 0 saturated carbocycles. The van der Waals surface area contributed by atoms with Gasteiger partial charge in [0.25, 0.3) is 5.56 Å². The van der Waals surface area contributed by atoms with Crippen LogP contribution in [0.4, 0.5) is 5.82 Å². The fourth-order valence-electron chi connectivity index (χ4n) is 2.52. The number of nitrogens with zero attached hydrogens (tertiary/aromatic N) is 1. The first-order valence-corrected chi connectivity index (χ1v) is 6.70. The average molecular weight is 258 g/mol. The van der Waals surface area contributed by atoms with Crippen molar-refractivity contribution in [2.45, 2.75) is 25.8 Å². The minimum Gasteiger partial charge on any atom is -0.364 e. The minimum atomic E-state index is -0.0506. The van der Waals surface area contributed by atoms with Crippen LogP contribution < -0.4 is 16.2 Å². The quantitative estimate of drug-likeness (QED) is 0.761. The van der Waals surface area contributed by atoms with Crippen molar-refractivity contribution in [1.82, 2.24) is 15.3 Å². The fourth-order valence-corrected chi connectivity index (χ4v) is 2.52. The number of rotatable bonds is 2. The third-order valence-electron chi connectivity index (χ3n) is 3.59. The van der Waals surface area contributed by atoms with Crippen molar-refractivity contribution in [3.8, 4) is 0 Å². The Kier molecular flexibility index (Phi) is 3.21. The summed E-state index contributed by atoms with van der Waals surface area (Å²) in [6.45, 7) is 3.84. The molecule has 0 unspecified atom stereocenters. The van der Waals surface area contributed by atoms with E-state index in [2.05, 4.69) is 20.6 Å². The van der Waals surface area contributed by atoms with Crippen molar-refractivity contribution in [3.63, 3.8) is 0 Å². The molecule has 100 valence electrons. The minimum absolute atomic E-state index is 0.0506. The molecule has 0 amide bonds. The summed E-state index contributed by atoms with van der Waals surface area (Å²) >= 11 is 0. The second kappa shape index (κ2) is 5.01. The molecule has 2 aromatic rings. The van der Waals surface area contributed by atoms with Crippen molar-refractivity contribution in [3.05, 3.63) is 34.2 Å². The van der Waals surface area contributed by atoms with Crippen LogP contribution in [0.2, 0.25) is 0 Å².